The molecule has 1 N–H and O–H groups in total. The molecule has 3 aliphatic rings. The van der Waals surface area contributed by atoms with Crippen molar-refractivity contribution in [2.45, 2.75) is 57.1 Å². The molecule has 1 atom stereocenters. The van der Waals surface area contributed by atoms with Crippen LogP contribution in [0.2, 0.25) is 5.02 Å². The number of likely N-dealkylation sites (tertiary alicyclic amines) is 1. The quantitative estimate of drug-likeness (QED) is 0.674. The van der Waals surface area contributed by atoms with Gasteiger partial charge in [0.05, 0.1) is 16.5 Å². The van der Waals surface area contributed by atoms with Gasteiger partial charge in [0.25, 0.3) is 5.91 Å². The number of hydrogen-bond donors (Lipinski definition) is 1. The minimum absolute atomic E-state index is 0.145. The fraction of sp³-hybridized carbons (Fsp3) is 0.556. The Labute approximate surface area is 217 Å². The molecule has 2 aliphatic heterocycles. The molecule has 2 aromatic rings. The maximum Gasteiger partial charge on any atom is 0.271 e. The molecular weight excluding hydrogens is 478 g/mol. The van der Waals surface area contributed by atoms with E-state index in [1.807, 2.05) is 12.1 Å². The van der Waals surface area contributed by atoms with E-state index in [1.165, 1.54) is 4.90 Å². The van der Waals surface area contributed by atoms with E-state index in [0.29, 0.717) is 23.1 Å². The first kappa shape index (κ1) is 25.0. The van der Waals surface area contributed by atoms with Crippen molar-refractivity contribution >= 4 is 29.2 Å². The van der Waals surface area contributed by atoms with Crippen molar-refractivity contribution < 1.29 is 14.7 Å². The zero-order valence-corrected chi connectivity index (χ0v) is 21.7. The van der Waals surface area contributed by atoms with Crippen LogP contribution >= 0.6 is 11.6 Å². The van der Waals surface area contributed by atoms with Crippen LogP contribution in [0.1, 0.15) is 55.4 Å². The number of carbonyl (C=O) groups excluding carboxylic acids is 2. The van der Waals surface area contributed by atoms with E-state index >= 15 is 0 Å². The molecule has 36 heavy (non-hydrogen) atoms. The van der Waals surface area contributed by atoms with Gasteiger partial charge in [-0.15, -0.1) is 0 Å². The number of halogens is 1. The van der Waals surface area contributed by atoms with Crippen LogP contribution in [0.5, 0.6) is 0 Å². The van der Waals surface area contributed by atoms with Crippen LogP contribution in [-0.2, 0) is 4.79 Å². The second-order valence-electron chi connectivity index (χ2n) is 10.7. The van der Waals surface area contributed by atoms with Gasteiger partial charge in [-0.2, -0.15) is 0 Å². The van der Waals surface area contributed by atoms with Gasteiger partial charge >= 0.3 is 0 Å². The van der Waals surface area contributed by atoms with Crippen LogP contribution in [0.25, 0.3) is 11.1 Å². The predicted octanol–water partition coefficient (Wildman–Crippen LogP) is 3.62. The van der Waals surface area contributed by atoms with Gasteiger partial charge in [0.1, 0.15) is 11.5 Å². The lowest BCUT2D eigenvalue weighted by molar-refractivity contribution is -0.139. The molecule has 192 valence electrons. The van der Waals surface area contributed by atoms with Crippen LogP contribution in [0.3, 0.4) is 0 Å². The first-order valence-corrected chi connectivity index (χ1v) is 13.2. The molecule has 3 fully saturated rings. The normalized spacial score (nSPS) is 26.5. The zero-order valence-electron chi connectivity index (χ0n) is 21.0. The summed E-state index contributed by atoms with van der Waals surface area (Å²) in [7, 11) is 3.39. The Morgan fingerprint density at radius 2 is 1.83 bits per heavy atom. The molecule has 5 rings (SSSR count). The summed E-state index contributed by atoms with van der Waals surface area (Å²) < 4.78 is 0. The number of pyridine rings is 2. The molecule has 9 heteroatoms. The van der Waals surface area contributed by atoms with E-state index in [2.05, 4.69) is 14.8 Å². The number of anilines is 1. The second kappa shape index (κ2) is 9.98. The average Bonchev–Trinajstić information content (AvgIpc) is 3.19. The Morgan fingerprint density at radius 3 is 2.50 bits per heavy atom. The lowest BCUT2D eigenvalue weighted by Crippen LogP contribution is -2.50. The summed E-state index contributed by atoms with van der Waals surface area (Å²) in [4.78, 5) is 40.5. The van der Waals surface area contributed by atoms with Crippen molar-refractivity contribution in [2.24, 2.45) is 5.41 Å². The standard InChI is InChI=1S/C27H34ClN5O3/c1-31(2)25(35)23-9-4-18(15-29-23)19-14-22(28)24(30-16-19)32-12-3-10-27(17-32)11-13-33(26(27)36)20-5-7-21(34)8-6-20/h4,9,14-16,20-21,34H,3,5-8,10-13,17H2,1-2H3. The van der Waals surface area contributed by atoms with E-state index in [0.717, 1.165) is 69.2 Å². The number of aliphatic hydroxyl groups excluding tert-OH is 1. The third kappa shape index (κ3) is 4.68. The highest BCUT2D eigenvalue weighted by Crippen LogP contribution is 2.44. The Bertz CT molecular complexity index is 1130. The van der Waals surface area contributed by atoms with E-state index in [-0.39, 0.29) is 29.4 Å². The highest BCUT2D eigenvalue weighted by Gasteiger charge is 2.51. The van der Waals surface area contributed by atoms with Crippen molar-refractivity contribution in [3.05, 3.63) is 41.3 Å². The molecule has 8 nitrogen and oxygen atoms in total. The third-order valence-electron chi connectivity index (χ3n) is 8.07. The van der Waals surface area contributed by atoms with Crippen LogP contribution in [0.4, 0.5) is 5.82 Å². The molecule has 1 aliphatic carbocycles. The van der Waals surface area contributed by atoms with Gasteiger partial charge in [-0.3, -0.25) is 14.6 Å². The maximum absolute atomic E-state index is 13.6. The molecule has 0 aromatic carbocycles. The maximum atomic E-state index is 13.6. The van der Waals surface area contributed by atoms with E-state index in [4.69, 9.17) is 16.6 Å². The summed E-state index contributed by atoms with van der Waals surface area (Å²) in [5.41, 5.74) is 1.67. The van der Waals surface area contributed by atoms with Gasteiger partial charge in [-0.1, -0.05) is 17.7 Å². The smallest absolute Gasteiger partial charge is 0.271 e. The minimum Gasteiger partial charge on any atom is -0.393 e. The second-order valence-corrected chi connectivity index (χ2v) is 11.1. The van der Waals surface area contributed by atoms with Gasteiger partial charge in [0, 0.05) is 63.3 Å². The molecule has 4 heterocycles. The molecular formula is C27H34ClN5O3. The predicted molar refractivity (Wildman–Crippen MR) is 139 cm³/mol. The van der Waals surface area contributed by atoms with Crippen molar-refractivity contribution in [3.8, 4) is 11.1 Å². The van der Waals surface area contributed by atoms with Gasteiger partial charge in [0.2, 0.25) is 5.91 Å². The summed E-state index contributed by atoms with van der Waals surface area (Å²) >= 11 is 6.73. The number of aliphatic hydroxyl groups is 1. The van der Waals surface area contributed by atoms with E-state index < -0.39 is 0 Å². The number of piperidine rings is 1. The summed E-state index contributed by atoms with van der Waals surface area (Å²) in [5.74, 6) is 0.826. The monoisotopic (exact) mass is 511 g/mol. The topological polar surface area (TPSA) is 89.9 Å². The molecule has 2 aromatic heterocycles. The van der Waals surface area contributed by atoms with Crippen molar-refractivity contribution in [3.63, 3.8) is 0 Å². The number of nitrogens with zero attached hydrogens (tertiary/aromatic N) is 5. The Kier molecular flexibility index (Phi) is 6.92. The number of aromatic nitrogens is 2. The van der Waals surface area contributed by atoms with Crippen molar-refractivity contribution in [1.82, 2.24) is 19.8 Å². The average molecular weight is 512 g/mol. The van der Waals surface area contributed by atoms with Gasteiger partial charge in [0.15, 0.2) is 0 Å². The van der Waals surface area contributed by atoms with Crippen LogP contribution in [-0.4, -0.2) is 82.6 Å². The summed E-state index contributed by atoms with van der Waals surface area (Å²) in [5, 5.41) is 10.4. The summed E-state index contributed by atoms with van der Waals surface area (Å²) in [6.45, 7) is 2.25. The molecule has 2 amide bonds. The highest BCUT2D eigenvalue weighted by molar-refractivity contribution is 6.33. The van der Waals surface area contributed by atoms with E-state index in [1.54, 1.807) is 32.6 Å². The van der Waals surface area contributed by atoms with Gasteiger partial charge in [-0.05, 0) is 57.1 Å². The fourth-order valence-corrected chi connectivity index (χ4v) is 6.28. The molecule has 1 saturated carbocycles. The summed E-state index contributed by atoms with van der Waals surface area (Å²) in [6, 6.07) is 5.69. The zero-order chi connectivity index (χ0) is 25.4. The lowest BCUT2D eigenvalue weighted by Gasteiger charge is -2.41. The van der Waals surface area contributed by atoms with E-state index in [9.17, 15) is 14.7 Å². The van der Waals surface area contributed by atoms with Crippen LogP contribution in [0.15, 0.2) is 30.6 Å². The van der Waals surface area contributed by atoms with Crippen LogP contribution in [0, 0.1) is 5.41 Å². The number of hydrogen-bond acceptors (Lipinski definition) is 6. The Morgan fingerprint density at radius 1 is 1.08 bits per heavy atom. The van der Waals surface area contributed by atoms with Crippen molar-refractivity contribution in [1.29, 1.82) is 0 Å². The molecule has 0 bridgehead atoms. The number of amides is 2. The van der Waals surface area contributed by atoms with Crippen LogP contribution < -0.4 is 4.90 Å². The molecule has 2 saturated heterocycles. The summed E-state index contributed by atoms with van der Waals surface area (Å²) in [6.07, 6.45) is 9.25. The first-order valence-electron chi connectivity index (χ1n) is 12.9. The number of carbonyl (C=O) groups is 2. The lowest BCUT2D eigenvalue weighted by atomic mass is 9.78. The van der Waals surface area contributed by atoms with Gasteiger partial charge in [-0.25, -0.2) is 4.98 Å². The number of rotatable bonds is 4. The molecule has 1 unspecified atom stereocenters. The van der Waals surface area contributed by atoms with Crippen molar-refractivity contribution in [2.75, 3.05) is 38.6 Å². The first-order chi connectivity index (χ1) is 17.3. The third-order valence-corrected chi connectivity index (χ3v) is 8.35. The molecule has 0 radical (unpaired) electrons. The highest BCUT2D eigenvalue weighted by atomic mass is 35.5. The Balaban J connectivity index is 1.30. The fourth-order valence-electron chi connectivity index (χ4n) is 6.00. The molecule has 1 spiro atoms. The SMILES string of the molecule is CN(C)C(=O)c1ccc(-c2cnc(N3CCCC4(CCN(C5CCC(O)CC5)C4=O)C3)c(Cl)c2)cn1. The Hall–Kier alpha value is -2.71. The van der Waals surface area contributed by atoms with Gasteiger partial charge < -0.3 is 19.8 Å². The minimum atomic E-state index is -0.378. The largest absolute Gasteiger partial charge is 0.393 e.